The van der Waals surface area contributed by atoms with Gasteiger partial charge in [-0.15, -0.1) is 0 Å². The number of carbonyl (C=O) groups excluding carboxylic acids is 1. The first-order valence-electron chi connectivity index (χ1n) is 6.84. The number of nitriles is 1. The van der Waals surface area contributed by atoms with E-state index >= 15 is 0 Å². The van der Waals surface area contributed by atoms with Crippen molar-refractivity contribution in [3.05, 3.63) is 29.3 Å². The van der Waals surface area contributed by atoms with Crippen molar-refractivity contribution in [2.45, 2.75) is 20.8 Å². The van der Waals surface area contributed by atoms with Crippen LogP contribution in [0, 0.1) is 11.3 Å². The van der Waals surface area contributed by atoms with Gasteiger partial charge in [-0.25, -0.2) is 4.79 Å². The molecule has 0 saturated carbocycles. The second kappa shape index (κ2) is 8.64. The van der Waals surface area contributed by atoms with Crippen molar-refractivity contribution >= 4 is 12.0 Å². The third kappa shape index (κ3) is 4.84. The average Bonchev–Trinajstić information content (AvgIpc) is 2.47. The van der Waals surface area contributed by atoms with E-state index in [-0.39, 0.29) is 12.2 Å². The Hall–Kier alpha value is -2.48. The normalized spacial score (nSPS) is 10.7. The van der Waals surface area contributed by atoms with E-state index in [0.29, 0.717) is 30.3 Å². The summed E-state index contributed by atoms with van der Waals surface area (Å²) < 4.78 is 15.8. The van der Waals surface area contributed by atoms with E-state index in [2.05, 4.69) is 0 Å². The molecule has 0 amide bonds. The topological polar surface area (TPSA) is 68.6 Å². The molecule has 0 aliphatic heterocycles. The Bertz CT molecular complexity index is 558. The van der Waals surface area contributed by atoms with Gasteiger partial charge < -0.3 is 14.2 Å². The van der Waals surface area contributed by atoms with Gasteiger partial charge in [0.2, 0.25) is 0 Å². The van der Waals surface area contributed by atoms with Gasteiger partial charge in [0.05, 0.1) is 19.8 Å². The van der Waals surface area contributed by atoms with Crippen LogP contribution >= 0.6 is 0 Å². The molecule has 21 heavy (non-hydrogen) atoms. The Morgan fingerprint density at radius 3 is 2.48 bits per heavy atom. The largest absolute Gasteiger partial charge is 0.494 e. The molecule has 1 rings (SSSR count). The summed E-state index contributed by atoms with van der Waals surface area (Å²) in [6, 6.07) is 7.10. The highest BCUT2D eigenvalue weighted by Gasteiger charge is 2.12. The van der Waals surface area contributed by atoms with Gasteiger partial charge in [-0.1, -0.05) is 0 Å². The Kier molecular flexibility index (Phi) is 6.82. The molecule has 0 aliphatic carbocycles. The lowest BCUT2D eigenvalue weighted by molar-refractivity contribution is -0.137. The fraction of sp³-hybridized carbons (Fsp3) is 0.375. The minimum atomic E-state index is -0.649. The van der Waals surface area contributed by atoms with Crippen molar-refractivity contribution in [3.63, 3.8) is 0 Å². The van der Waals surface area contributed by atoms with Crippen LogP contribution in [0.1, 0.15) is 26.3 Å². The molecule has 0 radical (unpaired) electrons. The lowest BCUT2D eigenvalue weighted by Gasteiger charge is -2.10. The minimum Gasteiger partial charge on any atom is -0.494 e. The summed E-state index contributed by atoms with van der Waals surface area (Å²) in [4.78, 5) is 11.7. The third-order valence-corrected chi connectivity index (χ3v) is 2.51. The Labute approximate surface area is 124 Å². The Morgan fingerprint density at radius 1 is 1.19 bits per heavy atom. The predicted octanol–water partition coefficient (Wildman–Crippen LogP) is 2.95. The zero-order valence-electron chi connectivity index (χ0n) is 12.5. The van der Waals surface area contributed by atoms with Crippen molar-refractivity contribution in [1.82, 2.24) is 0 Å². The Balaban J connectivity index is 3.20. The zero-order chi connectivity index (χ0) is 15.7. The minimum absolute atomic E-state index is 0.0774. The number of hydrogen-bond acceptors (Lipinski definition) is 5. The Morgan fingerprint density at radius 2 is 1.90 bits per heavy atom. The summed E-state index contributed by atoms with van der Waals surface area (Å²) in [5.41, 5.74) is 0.527. The summed E-state index contributed by atoms with van der Waals surface area (Å²) in [7, 11) is 0. The quantitative estimate of drug-likeness (QED) is 0.438. The van der Waals surface area contributed by atoms with Gasteiger partial charge >= 0.3 is 5.97 Å². The number of ether oxygens (including phenoxy) is 3. The molecule has 1 aromatic rings. The van der Waals surface area contributed by atoms with Crippen LogP contribution in [0.5, 0.6) is 11.5 Å². The molecule has 112 valence electrons. The van der Waals surface area contributed by atoms with Gasteiger partial charge in [-0.2, -0.15) is 5.26 Å². The van der Waals surface area contributed by atoms with Crippen molar-refractivity contribution in [3.8, 4) is 17.6 Å². The number of benzene rings is 1. The van der Waals surface area contributed by atoms with Gasteiger partial charge in [-0.05, 0) is 45.0 Å². The van der Waals surface area contributed by atoms with Crippen LogP contribution < -0.4 is 9.47 Å². The van der Waals surface area contributed by atoms with E-state index in [1.54, 1.807) is 25.1 Å². The third-order valence-electron chi connectivity index (χ3n) is 2.51. The average molecular weight is 289 g/mol. The molecule has 1 aromatic carbocycles. The fourth-order valence-electron chi connectivity index (χ4n) is 1.68. The molecule has 0 spiro atoms. The van der Waals surface area contributed by atoms with Gasteiger partial charge in [0.15, 0.2) is 0 Å². The smallest absolute Gasteiger partial charge is 0.348 e. The second-order valence-corrected chi connectivity index (χ2v) is 3.96. The van der Waals surface area contributed by atoms with Crippen LogP contribution in [-0.2, 0) is 9.53 Å². The maximum Gasteiger partial charge on any atom is 0.348 e. The van der Waals surface area contributed by atoms with Crippen LogP contribution in [0.15, 0.2) is 23.8 Å². The maximum atomic E-state index is 11.7. The lowest BCUT2D eigenvalue weighted by atomic mass is 10.1. The van der Waals surface area contributed by atoms with E-state index in [4.69, 9.17) is 19.5 Å². The highest BCUT2D eigenvalue weighted by atomic mass is 16.5. The fourth-order valence-corrected chi connectivity index (χ4v) is 1.68. The van der Waals surface area contributed by atoms with Crippen molar-refractivity contribution in [2.75, 3.05) is 19.8 Å². The summed E-state index contributed by atoms with van der Waals surface area (Å²) >= 11 is 0. The van der Waals surface area contributed by atoms with E-state index in [1.807, 2.05) is 19.9 Å². The lowest BCUT2D eigenvalue weighted by Crippen LogP contribution is -2.06. The summed E-state index contributed by atoms with van der Waals surface area (Å²) in [6.07, 6.45) is 1.45. The molecule has 0 aliphatic rings. The highest BCUT2D eigenvalue weighted by molar-refractivity contribution is 5.98. The number of nitrogens with zero attached hydrogens (tertiary/aromatic N) is 1. The standard InChI is InChI=1S/C16H19NO4/c1-4-19-14-7-8-15(20-5-2)12(10-14)9-13(11-17)16(18)21-6-3/h7-10H,4-6H2,1-3H3/b13-9-. The van der Waals surface area contributed by atoms with E-state index in [0.717, 1.165) is 0 Å². The molecule has 0 saturated heterocycles. The van der Waals surface area contributed by atoms with Crippen LogP contribution in [-0.4, -0.2) is 25.8 Å². The van der Waals surface area contributed by atoms with Crippen molar-refractivity contribution < 1.29 is 19.0 Å². The molecule has 0 unspecified atom stereocenters. The van der Waals surface area contributed by atoms with Crippen LogP contribution in [0.25, 0.3) is 6.08 Å². The summed E-state index contributed by atoms with van der Waals surface area (Å²) in [5.74, 6) is 0.579. The molecule has 0 bridgehead atoms. The van der Waals surface area contributed by atoms with E-state index in [1.165, 1.54) is 6.08 Å². The number of esters is 1. The first-order valence-corrected chi connectivity index (χ1v) is 6.84. The SMILES string of the molecule is CCOC(=O)/C(C#N)=C\c1cc(OCC)ccc1OCC. The first-order chi connectivity index (χ1) is 10.2. The molecule has 5 heteroatoms. The molecular formula is C16H19NO4. The zero-order valence-corrected chi connectivity index (χ0v) is 12.5. The molecular weight excluding hydrogens is 270 g/mol. The van der Waals surface area contributed by atoms with Crippen molar-refractivity contribution in [1.29, 1.82) is 5.26 Å². The van der Waals surface area contributed by atoms with Gasteiger partial charge in [0, 0.05) is 5.56 Å². The number of hydrogen-bond donors (Lipinski definition) is 0. The molecule has 0 N–H and O–H groups in total. The second-order valence-electron chi connectivity index (χ2n) is 3.96. The maximum absolute atomic E-state index is 11.7. The molecule has 0 aromatic heterocycles. The molecule has 0 fully saturated rings. The molecule has 0 atom stereocenters. The van der Waals surface area contributed by atoms with Crippen LogP contribution in [0.2, 0.25) is 0 Å². The summed E-state index contributed by atoms with van der Waals surface area (Å²) in [5, 5.41) is 9.09. The van der Waals surface area contributed by atoms with E-state index in [9.17, 15) is 4.79 Å². The van der Waals surface area contributed by atoms with Crippen LogP contribution in [0.3, 0.4) is 0 Å². The van der Waals surface area contributed by atoms with Crippen molar-refractivity contribution in [2.24, 2.45) is 0 Å². The predicted molar refractivity (Wildman–Crippen MR) is 79.0 cm³/mol. The summed E-state index contributed by atoms with van der Waals surface area (Å²) in [6.45, 7) is 6.66. The van der Waals surface area contributed by atoms with Crippen LogP contribution in [0.4, 0.5) is 0 Å². The first kappa shape index (κ1) is 16.6. The highest BCUT2D eigenvalue weighted by Crippen LogP contribution is 2.27. The van der Waals surface area contributed by atoms with Gasteiger partial charge in [-0.3, -0.25) is 0 Å². The van der Waals surface area contributed by atoms with Gasteiger partial charge in [0.25, 0.3) is 0 Å². The monoisotopic (exact) mass is 289 g/mol. The number of rotatable bonds is 7. The van der Waals surface area contributed by atoms with E-state index < -0.39 is 5.97 Å². The van der Waals surface area contributed by atoms with Gasteiger partial charge in [0.1, 0.15) is 23.1 Å². The molecule has 5 nitrogen and oxygen atoms in total. The number of carbonyl (C=O) groups is 1. The molecule has 0 heterocycles.